The number of hydrogen-bond donors (Lipinski definition) is 1. The first-order valence-corrected chi connectivity index (χ1v) is 20.1. The Kier molecular flexibility index (Phi) is 18.0. The van der Waals surface area contributed by atoms with Gasteiger partial charge in [-0.1, -0.05) is 30.9 Å². The topological polar surface area (TPSA) is 153 Å². The number of aliphatic imine (C=N–C) groups is 1. The van der Waals surface area contributed by atoms with Gasteiger partial charge in [0.15, 0.2) is 23.0 Å². The van der Waals surface area contributed by atoms with Gasteiger partial charge >= 0.3 is 0 Å². The number of amides is 2. The highest BCUT2D eigenvalue weighted by molar-refractivity contribution is 6.04. The molecule has 60 heavy (non-hydrogen) atoms. The number of carbonyl (C=O) groups excluding carboxylic acids is 3. The molecule has 0 aromatic heterocycles. The lowest BCUT2D eigenvalue weighted by molar-refractivity contribution is -0.122. The minimum Gasteiger partial charge on any atom is -0.493 e. The van der Waals surface area contributed by atoms with Gasteiger partial charge in [-0.05, 0) is 72.9 Å². The molecule has 14 nitrogen and oxygen atoms in total. The van der Waals surface area contributed by atoms with Gasteiger partial charge in [0.2, 0.25) is 5.91 Å². The van der Waals surface area contributed by atoms with Crippen molar-refractivity contribution in [2.45, 2.75) is 52.4 Å². The van der Waals surface area contributed by atoms with Crippen LogP contribution < -0.4 is 24.3 Å². The minimum absolute atomic E-state index is 0.129. The third-order valence-corrected chi connectivity index (χ3v) is 9.52. The zero-order valence-corrected chi connectivity index (χ0v) is 35.0. The summed E-state index contributed by atoms with van der Waals surface area (Å²) < 4.78 is 45.5. The molecule has 2 heterocycles. The quantitative estimate of drug-likeness (QED) is 0.0505. The SMILES string of the molecule is C=C1CC2C=Nc3cc(OCc4cc(C#CCNC(=O)CCOCCOCCOCCOCCC)cc(COc5cc(C)c(C=O)cc5OC)c4)c(OC)cc3C(=O)N2C1. The molecular weight excluding hydrogens is 771 g/mol. The highest BCUT2D eigenvalue weighted by atomic mass is 16.6. The second kappa shape index (κ2) is 23.8. The van der Waals surface area contributed by atoms with Gasteiger partial charge in [-0.15, -0.1) is 0 Å². The molecule has 0 bridgehead atoms. The van der Waals surface area contributed by atoms with Crippen LogP contribution in [-0.2, 0) is 37.0 Å². The molecule has 320 valence electrons. The predicted octanol–water partition coefficient (Wildman–Crippen LogP) is 5.80. The van der Waals surface area contributed by atoms with E-state index in [-0.39, 0.29) is 50.6 Å². The second-order valence-corrected chi connectivity index (χ2v) is 14.1. The normalized spacial score (nSPS) is 14.1. The van der Waals surface area contributed by atoms with E-state index in [1.807, 2.05) is 25.1 Å². The van der Waals surface area contributed by atoms with Crippen molar-refractivity contribution < 1.29 is 52.3 Å². The summed E-state index contributed by atoms with van der Waals surface area (Å²) in [7, 11) is 3.04. The molecule has 1 fully saturated rings. The van der Waals surface area contributed by atoms with Crippen molar-refractivity contribution >= 4 is 30.0 Å². The Morgan fingerprint density at radius 1 is 0.850 bits per heavy atom. The molecule has 0 saturated carbocycles. The van der Waals surface area contributed by atoms with Gasteiger partial charge in [-0.2, -0.15) is 0 Å². The Balaban J connectivity index is 1.19. The van der Waals surface area contributed by atoms with Crippen LogP contribution in [0.2, 0.25) is 0 Å². The van der Waals surface area contributed by atoms with Gasteiger partial charge < -0.3 is 48.1 Å². The zero-order chi connectivity index (χ0) is 42.7. The number of benzene rings is 3. The molecule has 2 amide bonds. The van der Waals surface area contributed by atoms with Crippen LogP contribution in [0.1, 0.15) is 69.2 Å². The molecule has 2 aliphatic rings. The Morgan fingerprint density at radius 2 is 1.47 bits per heavy atom. The highest BCUT2D eigenvalue weighted by Crippen LogP contribution is 2.39. The number of rotatable bonds is 24. The first kappa shape index (κ1) is 45.4. The zero-order valence-electron chi connectivity index (χ0n) is 35.0. The number of fused-ring (bicyclic) bond motifs is 2. The first-order valence-electron chi connectivity index (χ1n) is 20.1. The minimum atomic E-state index is -0.184. The summed E-state index contributed by atoms with van der Waals surface area (Å²) in [6.45, 7) is 12.7. The van der Waals surface area contributed by atoms with E-state index in [1.165, 1.54) is 14.2 Å². The summed E-state index contributed by atoms with van der Waals surface area (Å²) in [4.78, 5) is 43.8. The van der Waals surface area contributed by atoms with Crippen molar-refractivity contribution in [1.82, 2.24) is 10.2 Å². The van der Waals surface area contributed by atoms with E-state index in [2.05, 4.69) is 35.7 Å². The maximum atomic E-state index is 13.5. The predicted molar refractivity (Wildman–Crippen MR) is 226 cm³/mol. The summed E-state index contributed by atoms with van der Waals surface area (Å²) in [5.74, 6) is 7.59. The molecule has 3 aromatic carbocycles. The lowest BCUT2D eigenvalue weighted by Crippen LogP contribution is -2.35. The van der Waals surface area contributed by atoms with Crippen molar-refractivity contribution in [3.8, 4) is 34.8 Å². The maximum absolute atomic E-state index is 13.5. The van der Waals surface area contributed by atoms with E-state index in [1.54, 1.807) is 35.4 Å². The number of carbonyl (C=O) groups is 3. The van der Waals surface area contributed by atoms with Gasteiger partial charge in [0.25, 0.3) is 5.91 Å². The Morgan fingerprint density at radius 3 is 2.10 bits per heavy atom. The van der Waals surface area contributed by atoms with Gasteiger partial charge in [-0.25, -0.2) is 0 Å². The van der Waals surface area contributed by atoms with Crippen molar-refractivity contribution in [2.24, 2.45) is 4.99 Å². The molecule has 0 aliphatic carbocycles. The highest BCUT2D eigenvalue weighted by Gasteiger charge is 2.34. The fourth-order valence-corrected chi connectivity index (χ4v) is 6.45. The number of ether oxygens (including phenoxy) is 8. The molecule has 1 saturated heterocycles. The second-order valence-electron chi connectivity index (χ2n) is 14.1. The molecule has 3 aromatic rings. The van der Waals surface area contributed by atoms with E-state index in [4.69, 9.17) is 37.9 Å². The third kappa shape index (κ3) is 13.4. The van der Waals surface area contributed by atoms with E-state index in [0.717, 1.165) is 41.6 Å². The van der Waals surface area contributed by atoms with E-state index < -0.39 is 0 Å². The van der Waals surface area contributed by atoms with Crippen molar-refractivity contribution in [3.63, 3.8) is 0 Å². The molecule has 1 unspecified atom stereocenters. The number of nitrogens with one attached hydrogen (secondary N) is 1. The Bertz CT molecular complexity index is 2050. The Labute approximate surface area is 352 Å². The number of methoxy groups -OCH3 is 2. The fraction of sp³-hybridized carbons (Fsp3) is 0.435. The van der Waals surface area contributed by atoms with Gasteiger partial charge in [0.1, 0.15) is 19.5 Å². The van der Waals surface area contributed by atoms with Crippen LogP contribution in [0.4, 0.5) is 5.69 Å². The van der Waals surface area contributed by atoms with Crippen LogP contribution in [0.5, 0.6) is 23.0 Å². The molecule has 0 radical (unpaired) electrons. The number of aryl methyl sites for hydroxylation is 1. The number of hydrogen-bond acceptors (Lipinski definition) is 12. The van der Waals surface area contributed by atoms with E-state index in [0.29, 0.717) is 98.0 Å². The van der Waals surface area contributed by atoms with Gasteiger partial charge in [0.05, 0.1) is 84.3 Å². The summed E-state index contributed by atoms with van der Waals surface area (Å²) in [6, 6.07) is 12.4. The van der Waals surface area contributed by atoms with Crippen LogP contribution in [-0.4, -0.2) is 115 Å². The van der Waals surface area contributed by atoms with E-state index in [9.17, 15) is 14.4 Å². The molecule has 5 rings (SSSR count). The third-order valence-electron chi connectivity index (χ3n) is 9.52. The summed E-state index contributed by atoms with van der Waals surface area (Å²) in [5, 5.41) is 2.81. The molecule has 2 aliphatic heterocycles. The molecule has 0 spiro atoms. The van der Waals surface area contributed by atoms with Crippen molar-refractivity contribution in [2.75, 3.05) is 80.2 Å². The smallest absolute Gasteiger partial charge is 0.257 e. The van der Waals surface area contributed by atoms with Crippen LogP contribution in [0.25, 0.3) is 0 Å². The molecule has 14 heteroatoms. The molecular formula is C46H55N3O11. The van der Waals surface area contributed by atoms with Crippen LogP contribution in [0, 0.1) is 18.8 Å². The molecule has 1 N–H and O–H groups in total. The average molecular weight is 826 g/mol. The van der Waals surface area contributed by atoms with Crippen molar-refractivity contribution in [1.29, 1.82) is 0 Å². The largest absolute Gasteiger partial charge is 0.493 e. The molecule has 1 atom stereocenters. The standard InChI is InChI=1S/C46H55N3O11/c1-6-11-55-13-15-57-17-18-58-16-14-56-12-9-45(51)47-10-7-8-34-21-35(30-59-43-20-33(3)37(29-50)24-41(43)53-4)23-36(22-34)31-60-44-26-40-39(25-42(44)54-5)46(52)49-28-32(2)19-38(49)27-48-40/h20-27,29,38H,2,6,9-19,28,30-31H2,1,3-5H3,(H,47,51). The van der Waals surface area contributed by atoms with Gasteiger partial charge in [-0.3, -0.25) is 19.4 Å². The summed E-state index contributed by atoms with van der Waals surface area (Å²) in [5.41, 5.74) is 5.43. The number of nitrogens with zero attached hydrogens (tertiary/aromatic N) is 2. The first-order chi connectivity index (χ1) is 29.2. The van der Waals surface area contributed by atoms with Crippen molar-refractivity contribution in [3.05, 3.63) is 88.0 Å². The van der Waals surface area contributed by atoms with Crippen LogP contribution in [0.15, 0.2) is 59.6 Å². The maximum Gasteiger partial charge on any atom is 0.257 e. The monoisotopic (exact) mass is 825 g/mol. The fourth-order valence-electron chi connectivity index (χ4n) is 6.45. The lowest BCUT2D eigenvalue weighted by Gasteiger charge is -2.20. The van der Waals surface area contributed by atoms with Gasteiger partial charge in [0, 0.05) is 43.0 Å². The summed E-state index contributed by atoms with van der Waals surface area (Å²) >= 11 is 0. The van der Waals surface area contributed by atoms with E-state index >= 15 is 0 Å². The summed E-state index contributed by atoms with van der Waals surface area (Å²) in [6.07, 6.45) is 4.42. The Hall–Kier alpha value is -5.72. The van der Waals surface area contributed by atoms with Crippen LogP contribution >= 0.6 is 0 Å². The number of aldehydes is 1. The average Bonchev–Trinajstić information content (AvgIpc) is 3.58. The lowest BCUT2D eigenvalue weighted by atomic mass is 10.1. The van der Waals surface area contributed by atoms with Crippen LogP contribution in [0.3, 0.4) is 0 Å².